The van der Waals surface area contributed by atoms with Crippen molar-refractivity contribution in [2.24, 2.45) is 0 Å². The number of nitrogens with one attached hydrogen (secondary N) is 1. The van der Waals surface area contributed by atoms with Gasteiger partial charge in [0.2, 0.25) is 0 Å². The van der Waals surface area contributed by atoms with Crippen LogP contribution in [0.15, 0.2) is 79.4 Å². The van der Waals surface area contributed by atoms with Crippen LogP contribution in [0.5, 0.6) is 5.75 Å². The molecule has 24 heavy (non-hydrogen) atoms. The Morgan fingerprint density at radius 1 is 1.00 bits per heavy atom. The first-order valence-electron chi connectivity index (χ1n) is 7.87. The number of hydrogen-bond acceptors (Lipinski definition) is 2. The Balaban J connectivity index is 1.69. The minimum Gasteiger partial charge on any atom is -0.483 e. The number of anilines is 1. The highest BCUT2D eigenvalue weighted by molar-refractivity contribution is 6.02. The van der Waals surface area contributed by atoms with Gasteiger partial charge in [-0.2, -0.15) is 0 Å². The monoisotopic (exact) mass is 317 g/mol. The SMILES string of the molecule is C=CCc1ccccc1OCC(=O)Nc1cccc2ccccc12. The molecule has 3 rings (SSSR count). The van der Waals surface area contributed by atoms with Gasteiger partial charge in [-0.15, -0.1) is 6.58 Å². The summed E-state index contributed by atoms with van der Waals surface area (Å²) in [5.74, 6) is 0.533. The van der Waals surface area contributed by atoms with Gasteiger partial charge < -0.3 is 10.1 Å². The predicted molar refractivity (Wildman–Crippen MR) is 98.4 cm³/mol. The van der Waals surface area contributed by atoms with Crippen LogP contribution < -0.4 is 10.1 Å². The summed E-state index contributed by atoms with van der Waals surface area (Å²) in [5, 5.41) is 5.03. The largest absolute Gasteiger partial charge is 0.483 e. The molecule has 3 aromatic carbocycles. The van der Waals surface area contributed by atoms with Crippen molar-refractivity contribution in [3.63, 3.8) is 0 Å². The summed E-state index contributed by atoms with van der Waals surface area (Å²) >= 11 is 0. The van der Waals surface area contributed by atoms with Crippen molar-refractivity contribution in [3.8, 4) is 5.75 Å². The first kappa shape index (κ1) is 15.8. The smallest absolute Gasteiger partial charge is 0.262 e. The molecule has 3 nitrogen and oxygen atoms in total. The van der Waals surface area contributed by atoms with Gasteiger partial charge in [-0.25, -0.2) is 0 Å². The molecule has 0 aliphatic heterocycles. The molecule has 0 saturated heterocycles. The number of ether oxygens (including phenoxy) is 1. The van der Waals surface area contributed by atoms with E-state index >= 15 is 0 Å². The summed E-state index contributed by atoms with van der Waals surface area (Å²) in [5.41, 5.74) is 1.81. The van der Waals surface area contributed by atoms with Crippen molar-refractivity contribution >= 4 is 22.4 Å². The predicted octanol–water partition coefficient (Wildman–Crippen LogP) is 4.59. The van der Waals surface area contributed by atoms with Crippen LogP contribution in [-0.4, -0.2) is 12.5 Å². The summed E-state index contributed by atoms with van der Waals surface area (Å²) in [6, 6.07) is 21.5. The minimum atomic E-state index is -0.181. The molecule has 3 heteroatoms. The Morgan fingerprint density at radius 2 is 1.75 bits per heavy atom. The average molecular weight is 317 g/mol. The Labute approximate surface area is 141 Å². The Kier molecular flexibility index (Phi) is 4.92. The third-order valence-electron chi connectivity index (χ3n) is 3.76. The number of benzene rings is 3. The zero-order valence-corrected chi connectivity index (χ0v) is 13.4. The third-order valence-corrected chi connectivity index (χ3v) is 3.76. The van der Waals surface area contributed by atoms with Crippen LogP contribution >= 0.6 is 0 Å². The molecule has 0 bridgehead atoms. The van der Waals surface area contributed by atoms with Crippen molar-refractivity contribution in [2.45, 2.75) is 6.42 Å². The molecule has 0 atom stereocenters. The molecular weight excluding hydrogens is 298 g/mol. The van der Waals surface area contributed by atoms with Crippen LogP contribution in [-0.2, 0) is 11.2 Å². The number of allylic oxidation sites excluding steroid dienone is 1. The van der Waals surface area contributed by atoms with E-state index in [9.17, 15) is 4.79 Å². The molecular formula is C21H19NO2. The van der Waals surface area contributed by atoms with Crippen molar-refractivity contribution in [1.82, 2.24) is 0 Å². The van der Waals surface area contributed by atoms with E-state index in [1.54, 1.807) is 0 Å². The van der Waals surface area contributed by atoms with Crippen LogP contribution in [0.3, 0.4) is 0 Å². The summed E-state index contributed by atoms with van der Waals surface area (Å²) in [4.78, 5) is 12.2. The highest BCUT2D eigenvalue weighted by atomic mass is 16.5. The van der Waals surface area contributed by atoms with Gasteiger partial charge >= 0.3 is 0 Å². The van der Waals surface area contributed by atoms with Gasteiger partial charge in [0.25, 0.3) is 5.91 Å². The fourth-order valence-electron chi connectivity index (χ4n) is 2.63. The molecule has 0 unspecified atom stereocenters. The lowest BCUT2D eigenvalue weighted by molar-refractivity contribution is -0.118. The molecule has 0 aliphatic rings. The van der Waals surface area contributed by atoms with E-state index in [0.717, 1.165) is 22.0 Å². The molecule has 0 aliphatic carbocycles. The number of carbonyl (C=O) groups excluding carboxylic acids is 1. The maximum absolute atomic E-state index is 12.2. The first-order valence-corrected chi connectivity index (χ1v) is 7.87. The van der Waals surface area contributed by atoms with Crippen molar-refractivity contribution in [3.05, 3.63) is 84.9 Å². The molecule has 0 radical (unpaired) electrons. The van der Waals surface area contributed by atoms with Gasteiger partial charge in [-0.1, -0.05) is 60.7 Å². The van der Waals surface area contributed by atoms with Gasteiger partial charge in [-0.3, -0.25) is 4.79 Å². The molecule has 0 saturated carbocycles. The van der Waals surface area contributed by atoms with E-state index in [0.29, 0.717) is 12.2 Å². The van der Waals surface area contributed by atoms with Gasteiger partial charge in [-0.05, 0) is 29.5 Å². The van der Waals surface area contributed by atoms with Crippen molar-refractivity contribution in [1.29, 1.82) is 0 Å². The zero-order chi connectivity index (χ0) is 16.8. The quantitative estimate of drug-likeness (QED) is 0.676. The second-order valence-electron chi connectivity index (χ2n) is 5.46. The molecule has 120 valence electrons. The summed E-state index contributed by atoms with van der Waals surface area (Å²) in [7, 11) is 0. The van der Waals surface area contributed by atoms with Crippen LogP contribution in [0.2, 0.25) is 0 Å². The van der Waals surface area contributed by atoms with Gasteiger partial charge in [0, 0.05) is 11.1 Å². The van der Waals surface area contributed by atoms with E-state index in [4.69, 9.17) is 4.74 Å². The van der Waals surface area contributed by atoms with E-state index in [-0.39, 0.29) is 12.5 Å². The number of fused-ring (bicyclic) bond motifs is 1. The second kappa shape index (κ2) is 7.47. The van der Waals surface area contributed by atoms with Crippen LogP contribution in [0, 0.1) is 0 Å². The summed E-state index contributed by atoms with van der Waals surface area (Å²) in [6.07, 6.45) is 2.53. The fourth-order valence-corrected chi connectivity index (χ4v) is 2.63. The van der Waals surface area contributed by atoms with Crippen LogP contribution in [0.1, 0.15) is 5.56 Å². The van der Waals surface area contributed by atoms with Gasteiger partial charge in [0.15, 0.2) is 6.61 Å². The lowest BCUT2D eigenvalue weighted by Gasteiger charge is -2.12. The zero-order valence-electron chi connectivity index (χ0n) is 13.4. The van der Waals surface area contributed by atoms with E-state index in [1.807, 2.05) is 72.8 Å². The molecule has 0 spiro atoms. The second-order valence-corrected chi connectivity index (χ2v) is 5.46. The molecule has 0 aromatic heterocycles. The number of para-hydroxylation sites is 1. The highest BCUT2D eigenvalue weighted by Gasteiger charge is 2.08. The van der Waals surface area contributed by atoms with Crippen LogP contribution in [0.25, 0.3) is 10.8 Å². The van der Waals surface area contributed by atoms with Gasteiger partial charge in [0.1, 0.15) is 5.75 Å². The normalized spacial score (nSPS) is 10.3. The Morgan fingerprint density at radius 3 is 2.62 bits per heavy atom. The maximum atomic E-state index is 12.2. The van der Waals surface area contributed by atoms with Crippen molar-refractivity contribution in [2.75, 3.05) is 11.9 Å². The number of carbonyl (C=O) groups is 1. The lowest BCUT2D eigenvalue weighted by Crippen LogP contribution is -2.20. The maximum Gasteiger partial charge on any atom is 0.262 e. The van der Waals surface area contributed by atoms with Crippen molar-refractivity contribution < 1.29 is 9.53 Å². The lowest BCUT2D eigenvalue weighted by atomic mass is 10.1. The average Bonchev–Trinajstić information content (AvgIpc) is 2.62. The minimum absolute atomic E-state index is 0.0304. The third kappa shape index (κ3) is 3.63. The molecule has 0 fully saturated rings. The van der Waals surface area contributed by atoms with E-state index in [2.05, 4.69) is 11.9 Å². The standard InChI is InChI=1S/C21H19NO2/c1-2-8-17-10-4-6-14-20(17)24-15-21(23)22-19-13-7-11-16-9-3-5-12-18(16)19/h2-7,9-14H,1,8,15H2,(H,22,23). The molecule has 1 N–H and O–H groups in total. The summed E-state index contributed by atoms with van der Waals surface area (Å²) in [6.45, 7) is 3.71. The first-order chi connectivity index (χ1) is 11.8. The number of amides is 1. The summed E-state index contributed by atoms with van der Waals surface area (Å²) < 4.78 is 5.68. The number of rotatable bonds is 6. The Bertz CT molecular complexity index is 865. The molecule has 1 amide bonds. The molecule has 0 heterocycles. The topological polar surface area (TPSA) is 38.3 Å². The highest BCUT2D eigenvalue weighted by Crippen LogP contribution is 2.23. The Hall–Kier alpha value is -3.07. The molecule has 3 aromatic rings. The van der Waals surface area contributed by atoms with Gasteiger partial charge in [0.05, 0.1) is 0 Å². The van der Waals surface area contributed by atoms with E-state index in [1.165, 1.54) is 0 Å². The van der Waals surface area contributed by atoms with E-state index < -0.39 is 0 Å². The van der Waals surface area contributed by atoms with Crippen LogP contribution in [0.4, 0.5) is 5.69 Å². The number of hydrogen-bond donors (Lipinski definition) is 1. The fraction of sp³-hybridized carbons (Fsp3) is 0.0952.